The van der Waals surface area contributed by atoms with Crippen molar-refractivity contribution in [3.63, 3.8) is 0 Å². The maximum absolute atomic E-state index is 11.7. The average Bonchev–Trinajstić information content (AvgIpc) is 2.47. The number of anilines is 1. The number of carbonyl (C=O) groups excluding carboxylic acids is 2. The van der Waals surface area contributed by atoms with Crippen LogP contribution < -0.4 is 16.4 Å². The summed E-state index contributed by atoms with van der Waals surface area (Å²) in [6.07, 6.45) is 2.83. The molecule has 1 atom stereocenters. The van der Waals surface area contributed by atoms with Gasteiger partial charge in [0.2, 0.25) is 11.8 Å². The van der Waals surface area contributed by atoms with Crippen LogP contribution in [0.2, 0.25) is 0 Å². The van der Waals surface area contributed by atoms with Crippen LogP contribution >= 0.6 is 40.1 Å². The van der Waals surface area contributed by atoms with Crippen molar-refractivity contribution in [1.29, 1.82) is 0 Å². The molecular weight excluding hydrogens is 390 g/mol. The van der Waals surface area contributed by atoms with Crippen LogP contribution in [0.1, 0.15) is 12.8 Å². The molecule has 0 aliphatic carbocycles. The quantitative estimate of drug-likeness (QED) is 0.614. The lowest BCUT2D eigenvalue weighted by Crippen LogP contribution is -2.41. The lowest BCUT2D eigenvalue weighted by molar-refractivity contribution is -0.122. The fourth-order valence-corrected chi connectivity index (χ4v) is 2.32. The van der Waals surface area contributed by atoms with E-state index in [1.54, 1.807) is 23.9 Å². The van der Waals surface area contributed by atoms with Crippen LogP contribution in [0, 0.1) is 0 Å². The smallest absolute Gasteiger partial charge is 0.236 e. The number of hydrogen-bond acceptors (Lipinski definition) is 4. The van der Waals surface area contributed by atoms with E-state index in [4.69, 9.17) is 5.73 Å². The van der Waals surface area contributed by atoms with Gasteiger partial charge in [-0.15, -0.1) is 12.4 Å². The van der Waals surface area contributed by atoms with E-state index in [-0.39, 0.29) is 37.2 Å². The van der Waals surface area contributed by atoms with Crippen molar-refractivity contribution in [2.24, 2.45) is 5.73 Å². The summed E-state index contributed by atoms with van der Waals surface area (Å²) in [6, 6.07) is 6.80. The molecule has 0 heterocycles. The summed E-state index contributed by atoms with van der Waals surface area (Å²) in [6.45, 7) is 0.286. The van der Waals surface area contributed by atoms with Gasteiger partial charge in [-0.05, 0) is 42.7 Å². The number of rotatable bonds is 8. The third-order valence-electron chi connectivity index (χ3n) is 2.75. The highest BCUT2D eigenvalue weighted by atomic mass is 79.9. The first-order chi connectivity index (χ1) is 10.0. The Morgan fingerprint density at radius 2 is 1.95 bits per heavy atom. The molecule has 0 aromatic heterocycles. The molecule has 0 aliphatic rings. The number of hydrogen-bond donors (Lipinski definition) is 3. The third-order valence-corrected chi connectivity index (χ3v) is 3.92. The number of nitrogens with two attached hydrogens (primary N) is 1. The summed E-state index contributed by atoms with van der Waals surface area (Å²) in [5.41, 5.74) is 6.46. The molecule has 8 heteroatoms. The first-order valence-electron chi connectivity index (χ1n) is 6.60. The van der Waals surface area contributed by atoms with Gasteiger partial charge in [0.25, 0.3) is 0 Å². The SMILES string of the molecule is CSCC[C@H](N)C(=O)NCCC(=O)Nc1ccc(Br)cc1.Cl. The molecule has 124 valence electrons. The van der Waals surface area contributed by atoms with E-state index >= 15 is 0 Å². The molecule has 2 amide bonds. The highest BCUT2D eigenvalue weighted by molar-refractivity contribution is 9.10. The molecule has 4 N–H and O–H groups in total. The Balaban J connectivity index is 0.00000441. The van der Waals surface area contributed by atoms with Crippen molar-refractivity contribution in [2.45, 2.75) is 18.9 Å². The van der Waals surface area contributed by atoms with Crippen LogP contribution in [0.15, 0.2) is 28.7 Å². The van der Waals surface area contributed by atoms with E-state index in [9.17, 15) is 9.59 Å². The summed E-state index contributed by atoms with van der Waals surface area (Å²) in [5, 5.41) is 5.44. The van der Waals surface area contributed by atoms with Crippen LogP contribution in [0.25, 0.3) is 0 Å². The highest BCUT2D eigenvalue weighted by Crippen LogP contribution is 2.14. The summed E-state index contributed by atoms with van der Waals surface area (Å²) in [7, 11) is 0. The third kappa shape index (κ3) is 8.63. The van der Waals surface area contributed by atoms with Gasteiger partial charge in [0, 0.05) is 23.1 Å². The predicted molar refractivity (Wildman–Crippen MR) is 98.6 cm³/mol. The van der Waals surface area contributed by atoms with Gasteiger partial charge in [0.05, 0.1) is 6.04 Å². The molecule has 1 rings (SSSR count). The maximum atomic E-state index is 11.7. The minimum atomic E-state index is -0.507. The molecule has 0 radical (unpaired) electrons. The van der Waals surface area contributed by atoms with E-state index < -0.39 is 6.04 Å². The molecule has 0 unspecified atom stereocenters. The van der Waals surface area contributed by atoms with Gasteiger partial charge in [-0.2, -0.15) is 11.8 Å². The van der Waals surface area contributed by atoms with Crippen molar-refractivity contribution >= 4 is 57.6 Å². The average molecular weight is 411 g/mol. The monoisotopic (exact) mass is 409 g/mol. The van der Waals surface area contributed by atoms with Gasteiger partial charge in [-0.3, -0.25) is 9.59 Å². The number of carbonyl (C=O) groups is 2. The number of halogens is 2. The number of thioether (sulfide) groups is 1. The zero-order valence-corrected chi connectivity index (χ0v) is 15.5. The van der Waals surface area contributed by atoms with Gasteiger partial charge in [-0.1, -0.05) is 15.9 Å². The van der Waals surface area contributed by atoms with E-state index in [1.807, 2.05) is 18.4 Å². The Hall–Kier alpha value is -0.760. The van der Waals surface area contributed by atoms with E-state index in [0.29, 0.717) is 6.42 Å². The molecule has 22 heavy (non-hydrogen) atoms. The second kappa shape index (κ2) is 11.8. The number of benzene rings is 1. The summed E-state index contributed by atoms with van der Waals surface area (Å²) in [5.74, 6) is 0.495. The molecule has 0 saturated heterocycles. The van der Waals surface area contributed by atoms with E-state index in [0.717, 1.165) is 15.9 Å². The second-order valence-electron chi connectivity index (χ2n) is 4.48. The zero-order chi connectivity index (χ0) is 15.7. The molecule has 0 aliphatic heterocycles. The molecular formula is C14H21BrClN3O2S. The van der Waals surface area contributed by atoms with Gasteiger partial charge < -0.3 is 16.4 Å². The second-order valence-corrected chi connectivity index (χ2v) is 6.39. The molecule has 1 aromatic carbocycles. The summed E-state index contributed by atoms with van der Waals surface area (Å²) < 4.78 is 0.951. The van der Waals surface area contributed by atoms with Gasteiger partial charge >= 0.3 is 0 Å². The number of amides is 2. The molecule has 0 bridgehead atoms. The Labute approximate surface area is 149 Å². The Bertz CT molecular complexity index is 474. The molecule has 0 spiro atoms. The minimum Gasteiger partial charge on any atom is -0.354 e. The van der Waals surface area contributed by atoms with Crippen molar-refractivity contribution < 1.29 is 9.59 Å². The fourth-order valence-electron chi connectivity index (χ4n) is 1.56. The van der Waals surface area contributed by atoms with Gasteiger partial charge in [-0.25, -0.2) is 0 Å². The Morgan fingerprint density at radius 1 is 1.32 bits per heavy atom. The first kappa shape index (κ1) is 21.2. The van der Waals surface area contributed by atoms with E-state index in [2.05, 4.69) is 26.6 Å². The summed E-state index contributed by atoms with van der Waals surface area (Å²) in [4.78, 5) is 23.4. The van der Waals surface area contributed by atoms with Crippen LogP contribution in [-0.4, -0.2) is 36.4 Å². The largest absolute Gasteiger partial charge is 0.354 e. The van der Waals surface area contributed by atoms with Crippen LogP contribution in [0.5, 0.6) is 0 Å². The maximum Gasteiger partial charge on any atom is 0.236 e. The lowest BCUT2D eigenvalue weighted by atomic mass is 10.2. The van der Waals surface area contributed by atoms with Crippen LogP contribution in [0.4, 0.5) is 5.69 Å². The van der Waals surface area contributed by atoms with Crippen molar-refractivity contribution in [3.8, 4) is 0 Å². The first-order valence-corrected chi connectivity index (χ1v) is 8.79. The number of nitrogens with one attached hydrogen (secondary N) is 2. The predicted octanol–water partition coefficient (Wildman–Crippen LogP) is 2.40. The van der Waals surface area contributed by atoms with Gasteiger partial charge in [0.1, 0.15) is 0 Å². The molecule has 1 aromatic rings. The van der Waals surface area contributed by atoms with E-state index in [1.165, 1.54) is 0 Å². The lowest BCUT2D eigenvalue weighted by Gasteiger charge is -2.11. The summed E-state index contributed by atoms with van der Waals surface area (Å²) >= 11 is 4.98. The standard InChI is InChI=1S/C14H20BrN3O2S.ClH/c1-21-9-7-12(16)14(20)17-8-6-13(19)18-11-4-2-10(15)3-5-11;/h2-5,12H,6-9,16H2,1H3,(H,17,20)(H,18,19);1H/t12-;/m0./s1. The Morgan fingerprint density at radius 3 is 2.55 bits per heavy atom. The van der Waals surface area contributed by atoms with Crippen molar-refractivity contribution in [1.82, 2.24) is 5.32 Å². The topological polar surface area (TPSA) is 84.2 Å². The molecule has 0 saturated carbocycles. The zero-order valence-electron chi connectivity index (χ0n) is 12.3. The Kier molecular flexibility index (Phi) is 11.4. The van der Waals surface area contributed by atoms with Crippen LogP contribution in [-0.2, 0) is 9.59 Å². The van der Waals surface area contributed by atoms with Gasteiger partial charge in [0.15, 0.2) is 0 Å². The highest BCUT2D eigenvalue weighted by Gasteiger charge is 2.12. The molecule has 5 nitrogen and oxygen atoms in total. The van der Waals surface area contributed by atoms with Crippen molar-refractivity contribution in [3.05, 3.63) is 28.7 Å². The minimum absolute atomic E-state index is 0. The van der Waals surface area contributed by atoms with Crippen molar-refractivity contribution in [2.75, 3.05) is 23.9 Å². The fraction of sp³-hybridized carbons (Fsp3) is 0.429. The van der Waals surface area contributed by atoms with Crippen LogP contribution in [0.3, 0.4) is 0 Å². The normalized spacial score (nSPS) is 11.2. The molecule has 0 fully saturated rings.